The molecule has 0 N–H and O–H groups in total. The zero-order valence-corrected chi connectivity index (χ0v) is 8.98. The second-order valence-electron chi connectivity index (χ2n) is 3.90. The van der Waals surface area contributed by atoms with E-state index in [0.717, 1.165) is 16.4 Å². The van der Waals surface area contributed by atoms with Gasteiger partial charge in [0, 0.05) is 29.0 Å². The van der Waals surface area contributed by atoms with Gasteiger partial charge in [-0.3, -0.25) is 0 Å². The number of imidazole rings is 1. The summed E-state index contributed by atoms with van der Waals surface area (Å²) in [6.45, 7) is 0. The predicted octanol–water partition coefficient (Wildman–Crippen LogP) is 3.54. The molecular weight excluding hydrogens is 208 g/mol. The van der Waals surface area contributed by atoms with Crippen molar-refractivity contribution in [3.63, 3.8) is 0 Å². The van der Waals surface area contributed by atoms with Crippen molar-refractivity contribution in [1.82, 2.24) is 9.55 Å². The topological polar surface area (TPSA) is 17.8 Å². The fourth-order valence-electron chi connectivity index (χ4n) is 1.78. The Bertz CT molecular complexity index is 469. The lowest BCUT2D eigenvalue weighted by Gasteiger charge is -2.05. The van der Waals surface area contributed by atoms with Gasteiger partial charge in [-0.2, -0.15) is 0 Å². The number of hydrogen-bond donors (Lipinski definition) is 0. The fraction of sp³-hybridized carbons (Fsp3) is 0.250. The molecule has 1 aromatic carbocycles. The average Bonchev–Trinajstić information content (AvgIpc) is 2.98. The van der Waals surface area contributed by atoms with Crippen LogP contribution in [0.5, 0.6) is 0 Å². The Morgan fingerprint density at radius 3 is 2.60 bits per heavy atom. The summed E-state index contributed by atoms with van der Waals surface area (Å²) >= 11 is 5.86. The minimum Gasteiger partial charge on any atom is -0.328 e. The molecule has 1 aliphatic rings. The largest absolute Gasteiger partial charge is 0.328 e. The number of nitrogens with zero attached hydrogens (tertiary/aromatic N) is 2. The highest BCUT2D eigenvalue weighted by Crippen LogP contribution is 2.37. The van der Waals surface area contributed by atoms with Gasteiger partial charge in [0.1, 0.15) is 5.82 Å². The molecule has 0 unspecified atom stereocenters. The molecule has 76 valence electrons. The van der Waals surface area contributed by atoms with Gasteiger partial charge >= 0.3 is 0 Å². The third-order valence-corrected chi connectivity index (χ3v) is 2.96. The molecule has 0 amide bonds. The Morgan fingerprint density at radius 2 is 1.93 bits per heavy atom. The van der Waals surface area contributed by atoms with Crippen molar-refractivity contribution in [1.29, 1.82) is 0 Å². The fourth-order valence-corrected chi connectivity index (χ4v) is 1.91. The number of hydrogen-bond acceptors (Lipinski definition) is 1. The van der Waals surface area contributed by atoms with E-state index in [-0.39, 0.29) is 0 Å². The monoisotopic (exact) mass is 218 g/mol. The van der Waals surface area contributed by atoms with E-state index in [9.17, 15) is 0 Å². The highest BCUT2D eigenvalue weighted by molar-refractivity contribution is 6.30. The molecule has 1 saturated carbocycles. The van der Waals surface area contributed by atoms with Gasteiger partial charge < -0.3 is 4.57 Å². The van der Waals surface area contributed by atoms with Crippen LogP contribution < -0.4 is 0 Å². The summed E-state index contributed by atoms with van der Waals surface area (Å²) in [6.07, 6.45) is 6.47. The van der Waals surface area contributed by atoms with Crippen molar-refractivity contribution < 1.29 is 0 Å². The van der Waals surface area contributed by atoms with Crippen molar-refractivity contribution >= 4 is 11.6 Å². The second kappa shape index (κ2) is 3.38. The first-order valence-corrected chi connectivity index (χ1v) is 5.51. The van der Waals surface area contributed by atoms with Crippen molar-refractivity contribution in [3.05, 3.63) is 41.7 Å². The SMILES string of the molecule is Clc1ccc(-c2nccn2C2CC2)cc1. The maximum absolute atomic E-state index is 5.86. The predicted molar refractivity (Wildman–Crippen MR) is 60.9 cm³/mol. The Morgan fingerprint density at radius 1 is 1.20 bits per heavy atom. The van der Waals surface area contributed by atoms with Crippen LogP contribution in [0.2, 0.25) is 5.02 Å². The van der Waals surface area contributed by atoms with Gasteiger partial charge in [0.2, 0.25) is 0 Å². The van der Waals surface area contributed by atoms with Crippen LogP contribution in [0.4, 0.5) is 0 Å². The summed E-state index contributed by atoms with van der Waals surface area (Å²) < 4.78 is 2.25. The minimum absolute atomic E-state index is 0.665. The van der Waals surface area contributed by atoms with Crippen LogP contribution in [-0.2, 0) is 0 Å². The molecule has 2 aromatic rings. The molecule has 0 bridgehead atoms. The van der Waals surface area contributed by atoms with Crippen LogP contribution in [0.3, 0.4) is 0 Å². The van der Waals surface area contributed by atoms with Crippen molar-refractivity contribution in [2.24, 2.45) is 0 Å². The minimum atomic E-state index is 0.665. The van der Waals surface area contributed by atoms with E-state index in [1.54, 1.807) is 0 Å². The summed E-state index contributed by atoms with van der Waals surface area (Å²) in [6, 6.07) is 8.51. The van der Waals surface area contributed by atoms with Crippen LogP contribution in [0.15, 0.2) is 36.7 Å². The molecular formula is C12H11ClN2. The van der Waals surface area contributed by atoms with Crippen molar-refractivity contribution in [3.8, 4) is 11.4 Å². The third kappa shape index (κ3) is 1.65. The third-order valence-electron chi connectivity index (χ3n) is 2.71. The van der Waals surface area contributed by atoms with Crippen LogP contribution in [0, 0.1) is 0 Å². The Labute approximate surface area is 93.5 Å². The average molecular weight is 219 g/mol. The lowest BCUT2D eigenvalue weighted by Crippen LogP contribution is -1.95. The molecule has 0 saturated heterocycles. The molecule has 1 aromatic heterocycles. The second-order valence-corrected chi connectivity index (χ2v) is 4.33. The highest BCUT2D eigenvalue weighted by atomic mass is 35.5. The molecule has 15 heavy (non-hydrogen) atoms. The van der Waals surface area contributed by atoms with Crippen LogP contribution in [0.1, 0.15) is 18.9 Å². The lowest BCUT2D eigenvalue weighted by atomic mass is 10.2. The number of benzene rings is 1. The first kappa shape index (κ1) is 8.98. The van der Waals surface area contributed by atoms with Gasteiger partial charge in [0.05, 0.1) is 0 Å². The molecule has 0 atom stereocenters. The van der Waals surface area contributed by atoms with E-state index < -0.39 is 0 Å². The summed E-state index contributed by atoms with van der Waals surface area (Å²) in [7, 11) is 0. The van der Waals surface area contributed by atoms with Crippen LogP contribution in [0.25, 0.3) is 11.4 Å². The summed E-state index contributed by atoms with van der Waals surface area (Å²) in [5.74, 6) is 1.05. The molecule has 0 aliphatic heterocycles. The van der Waals surface area contributed by atoms with E-state index in [1.807, 2.05) is 30.5 Å². The number of halogens is 1. The Hall–Kier alpha value is -1.28. The van der Waals surface area contributed by atoms with E-state index in [4.69, 9.17) is 11.6 Å². The lowest BCUT2D eigenvalue weighted by molar-refractivity contribution is 0.750. The molecule has 1 fully saturated rings. The number of rotatable bonds is 2. The van der Waals surface area contributed by atoms with Crippen molar-refractivity contribution in [2.45, 2.75) is 18.9 Å². The molecule has 1 aliphatic carbocycles. The first-order valence-electron chi connectivity index (χ1n) is 5.13. The smallest absolute Gasteiger partial charge is 0.140 e. The quantitative estimate of drug-likeness (QED) is 0.754. The molecule has 0 radical (unpaired) electrons. The maximum Gasteiger partial charge on any atom is 0.140 e. The van der Waals surface area contributed by atoms with Gasteiger partial charge in [0.15, 0.2) is 0 Å². The van der Waals surface area contributed by atoms with Crippen LogP contribution in [-0.4, -0.2) is 9.55 Å². The van der Waals surface area contributed by atoms with E-state index in [1.165, 1.54) is 12.8 Å². The molecule has 1 heterocycles. The number of aromatic nitrogens is 2. The summed E-state index contributed by atoms with van der Waals surface area (Å²) in [4.78, 5) is 4.40. The summed E-state index contributed by atoms with van der Waals surface area (Å²) in [5, 5.41) is 0.767. The van der Waals surface area contributed by atoms with E-state index >= 15 is 0 Å². The van der Waals surface area contributed by atoms with Gasteiger partial charge in [-0.25, -0.2) is 4.98 Å². The molecule has 3 rings (SSSR count). The molecule has 2 nitrogen and oxygen atoms in total. The van der Waals surface area contributed by atoms with Gasteiger partial charge in [0.25, 0.3) is 0 Å². The molecule has 0 spiro atoms. The zero-order valence-electron chi connectivity index (χ0n) is 8.23. The molecule has 3 heteroatoms. The standard InChI is InChI=1S/C12H11ClN2/c13-10-3-1-9(2-4-10)12-14-7-8-15(12)11-5-6-11/h1-4,7-8,11H,5-6H2. The van der Waals surface area contributed by atoms with Gasteiger partial charge in [-0.15, -0.1) is 0 Å². The highest BCUT2D eigenvalue weighted by Gasteiger charge is 2.25. The van der Waals surface area contributed by atoms with Crippen LogP contribution >= 0.6 is 11.6 Å². The normalized spacial score (nSPS) is 15.5. The Kier molecular flexibility index (Phi) is 2.03. The van der Waals surface area contributed by atoms with E-state index in [0.29, 0.717) is 6.04 Å². The Balaban J connectivity index is 2.04. The maximum atomic E-state index is 5.86. The van der Waals surface area contributed by atoms with Gasteiger partial charge in [-0.05, 0) is 37.1 Å². The van der Waals surface area contributed by atoms with Gasteiger partial charge in [-0.1, -0.05) is 11.6 Å². The van der Waals surface area contributed by atoms with Crippen molar-refractivity contribution in [2.75, 3.05) is 0 Å². The van der Waals surface area contributed by atoms with E-state index in [2.05, 4.69) is 15.7 Å². The first-order chi connectivity index (χ1) is 7.34. The zero-order chi connectivity index (χ0) is 10.3. The summed E-state index contributed by atoms with van der Waals surface area (Å²) in [5.41, 5.74) is 1.14.